The van der Waals surface area contributed by atoms with Crippen LogP contribution >= 0.6 is 0 Å². The van der Waals surface area contributed by atoms with Crippen molar-refractivity contribution >= 4 is 0 Å². The summed E-state index contributed by atoms with van der Waals surface area (Å²) >= 11 is 0. The van der Waals surface area contributed by atoms with Crippen LogP contribution < -0.4 is 0 Å². The molecule has 18 heavy (non-hydrogen) atoms. The Morgan fingerprint density at radius 3 is 2.39 bits per heavy atom. The average molecular weight is 287 g/mol. The molecule has 0 spiro atoms. The first-order valence-corrected chi connectivity index (χ1v) is 5.55. The van der Waals surface area contributed by atoms with Crippen molar-refractivity contribution < 1.29 is 31.6 Å². The molecule has 0 bridgehead atoms. The molecule has 1 aliphatic carbocycles. The smallest absolute Gasteiger partial charge is 0.284 e. The minimum absolute atomic E-state index is 0. The van der Waals surface area contributed by atoms with Gasteiger partial charge in [-0.1, -0.05) is 12.2 Å². The van der Waals surface area contributed by atoms with Crippen molar-refractivity contribution in [1.29, 1.82) is 0 Å². The van der Waals surface area contributed by atoms with E-state index in [1.54, 1.807) is 12.2 Å². The summed E-state index contributed by atoms with van der Waals surface area (Å²) in [4.78, 5) is 0. The largest absolute Gasteiger partial charge is 0.481 e. The Kier molecular flexibility index (Phi) is 6.44. The Morgan fingerprint density at radius 2 is 1.94 bits per heavy atom. The van der Waals surface area contributed by atoms with E-state index in [2.05, 4.69) is 0 Å². The van der Waals surface area contributed by atoms with Crippen LogP contribution in [0.2, 0.25) is 0 Å². The maximum atomic E-state index is 9.32. The third-order valence-corrected chi connectivity index (χ3v) is 2.27. The van der Waals surface area contributed by atoms with Crippen LogP contribution in [0, 0.1) is 0 Å². The van der Waals surface area contributed by atoms with Crippen LogP contribution in [0.15, 0.2) is 66.2 Å². The van der Waals surface area contributed by atoms with Gasteiger partial charge in [0.05, 0.1) is 12.2 Å². The predicted octanol–water partition coefficient (Wildman–Crippen LogP) is 2.70. The molecule has 1 unspecified atom stereocenters. The molecule has 1 N–H and O–H groups in total. The second-order valence-electron chi connectivity index (χ2n) is 3.71. The maximum Gasteiger partial charge on any atom is 0.284 e. The van der Waals surface area contributed by atoms with E-state index in [0.717, 1.165) is 12.2 Å². The van der Waals surface area contributed by atoms with Gasteiger partial charge in [-0.15, -0.1) is 0 Å². The molecule has 0 amide bonds. The molecule has 1 aliphatic heterocycles. The van der Waals surface area contributed by atoms with Crippen molar-refractivity contribution in [3.05, 3.63) is 66.2 Å². The van der Waals surface area contributed by atoms with Gasteiger partial charge in [-0.05, 0) is 12.2 Å². The summed E-state index contributed by atoms with van der Waals surface area (Å²) in [6.45, 7) is 1.19. The van der Waals surface area contributed by atoms with Crippen LogP contribution in [-0.2, 0) is 26.5 Å². The third-order valence-electron chi connectivity index (χ3n) is 2.27. The molecular formula is C14H15FeO3-. The minimum Gasteiger partial charge on any atom is -0.481 e. The van der Waals surface area contributed by atoms with Crippen molar-refractivity contribution in [2.24, 2.45) is 0 Å². The van der Waals surface area contributed by atoms with E-state index < -0.39 is 0 Å². The van der Waals surface area contributed by atoms with Gasteiger partial charge < -0.3 is 14.6 Å². The molecule has 0 aromatic heterocycles. The Morgan fingerprint density at radius 1 is 1.33 bits per heavy atom. The summed E-state index contributed by atoms with van der Waals surface area (Å²) in [5.41, 5.74) is 0.718. The second kappa shape index (κ2) is 7.88. The first-order chi connectivity index (χ1) is 8.36. The molecular weight excluding hydrogens is 272 g/mol. The van der Waals surface area contributed by atoms with Crippen LogP contribution in [0.4, 0.5) is 0 Å². The third kappa shape index (κ3) is 5.32. The Balaban J connectivity index is 0.000000230. The van der Waals surface area contributed by atoms with Gasteiger partial charge in [0.15, 0.2) is 0 Å². The summed E-state index contributed by atoms with van der Waals surface area (Å²) in [7, 11) is 0. The van der Waals surface area contributed by atoms with Crippen molar-refractivity contribution in [2.75, 3.05) is 13.2 Å². The van der Waals surface area contributed by atoms with Crippen LogP contribution in [-0.4, -0.2) is 24.4 Å². The van der Waals surface area contributed by atoms with E-state index in [1.165, 1.54) is 0 Å². The monoisotopic (exact) mass is 287 g/mol. The van der Waals surface area contributed by atoms with Gasteiger partial charge in [-0.2, -0.15) is 18.2 Å². The number of allylic oxidation sites excluding steroid dienone is 5. The van der Waals surface area contributed by atoms with Crippen molar-refractivity contribution in [3.63, 3.8) is 0 Å². The van der Waals surface area contributed by atoms with Gasteiger partial charge in [0.25, 0.3) is 5.95 Å². The zero-order chi connectivity index (χ0) is 11.9. The molecule has 3 nitrogen and oxygen atoms in total. The summed E-state index contributed by atoms with van der Waals surface area (Å²) in [5.74, 6) is -0.0181. The topological polar surface area (TPSA) is 42.0 Å². The van der Waals surface area contributed by atoms with Crippen LogP contribution in [0.3, 0.4) is 0 Å². The predicted molar refractivity (Wildman–Crippen MR) is 65.7 cm³/mol. The fraction of sp³-hybridized carbons (Fsp3) is 0.214. The van der Waals surface area contributed by atoms with E-state index in [1.807, 2.05) is 42.5 Å². The maximum absolute atomic E-state index is 9.32. The van der Waals surface area contributed by atoms with Gasteiger partial charge in [-0.25, -0.2) is 12.1 Å². The van der Waals surface area contributed by atoms with Crippen LogP contribution in [0.25, 0.3) is 0 Å². The van der Waals surface area contributed by atoms with E-state index in [4.69, 9.17) is 9.47 Å². The molecule has 4 heteroatoms. The quantitative estimate of drug-likeness (QED) is 0.402. The minimum atomic E-state index is -0.0181. The van der Waals surface area contributed by atoms with Crippen molar-refractivity contribution in [3.8, 4) is 0 Å². The fourth-order valence-electron chi connectivity index (χ4n) is 1.26. The Labute approximate surface area is 117 Å². The average Bonchev–Trinajstić information content (AvgIpc) is 2.88. The molecule has 1 heterocycles. The van der Waals surface area contributed by atoms with E-state index in [0.29, 0.717) is 6.61 Å². The standard InChI is InChI=1S/C9H10O3.C5H5.Fe/c10-9(7-3-1-2-4-7)12-6-8-5-11-8;1-2-4-5-3-1;/h1-4,8,10H,5-6H2;1-5H;/q;-1;. The first kappa shape index (κ1) is 14.7. The number of aliphatic hydroxyl groups excluding tert-OH is 1. The number of epoxide rings is 1. The summed E-state index contributed by atoms with van der Waals surface area (Å²) in [6, 6.07) is 10.0. The van der Waals surface area contributed by atoms with Crippen LogP contribution in [0.5, 0.6) is 0 Å². The zero-order valence-electron chi connectivity index (χ0n) is 9.80. The molecule has 1 fully saturated rings. The molecule has 3 rings (SSSR count). The summed E-state index contributed by atoms with van der Waals surface area (Å²) < 4.78 is 9.98. The number of rotatable bonds is 3. The molecule has 2 aliphatic rings. The number of hydrogen-bond acceptors (Lipinski definition) is 3. The van der Waals surface area contributed by atoms with Gasteiger partial charge in [-0.3, -0.25) is 0 Å². The number of hydrogen-bond donors (Lipinski definition) is 1. The SMILES string of the molecule is OC(OCC1CO1)=C1C=CC=C1.[Fe].c1cc[cH-]c1. The van der Waals surface area contributed by atoms with Crippen LogP contribution in [0.1, 0.15) is 0 Å². The first-order valence-electron chi connectivity index (χ1n) is 5.55. The zero-order valence-corrected chi connectivity index (χ0v) is 10.9. The fourth-order valence-corrected chi connectivity index (χ4v) is 1.26. The van der Waals surface area contributed by atoms with E-state index in [-0.39, 0.29) is 29.1 Å². The second-order valence-corrected chi connectivity index (χ2v) is 3.71. The molecule has 1 aromatic rings. The number of ether oxygens (including phenoxy) is 2. The number of aliphatic hydroxyl groups is 1. The van der Waals surface area contributed by atoms with Gasteiger partial charge in [0.1, 0.15) is 12.7 Å². The molecule has 0 radical (unpaired) electrons. The van der Waals surface area contributed by atoms with E-state index >= 15 is 0 Å². The molecule has 1 aromatic carbocycles. The van der Waals surface area contributed by atoms with E-state index in [9.17, 15) is 5.11 Å². The van der Waals surface area contributed by atoms with Crippen molar-refractivity contribution in [1.82, 2.24) is 0 Å². The van der Waals surface area contributed by atoms with Gasteiger partial charge in [0.2, 0.25) is 0 Å². The van der Waals surface area contributed by atoms with Gasteiger partial charge in [0, 0.05) is 17.1 Å². The summed E-state index contributed by atoms with van der Waals surface area (Å²) in [5, 5.41) is 9.32. The van der Waals surface area contributed by atoms with Crippen molar-refractivity contribution in [2.45, 2.75) is 6.10 Å². The molecule has 98 valence electrons. The normalized spacial score (nSPS) is 18.7. The summed E-state index contributed by atoms with van der Waals surface area (Å²) in [6.07, 6.45) is 7.47. The molecule has 1 saturated heterocycles. The Bertz CT molecular complexity index is 383. The molecule has 0 saturated carbocycles. The molecule has 1 atom stereocenters. The van der Waals surface area contributed by atoms with Gasteiger partial charge >= 0.3 is 0 Å². The Hall–Kier alpha value is -1.35.